The predicted octanol–water partition coefficient (Wildman–Crippen LogP) is 4.95. The van der Waals surface area contributed by atoms with Crippen molar-refractivity contribution >= 4 is 10.0 Å². The summed E-state index contributed by atoms with van der Waals surface area (Å²) in [5.74, 6) is 2.72. The molecule has 2 N–H and O–H groups in total. The van der Waals surface area contributed by atoms with Crippen LogP contribution in [0.25, 0.3) is 11.3 Å². The largest absolute Gasteiger partial charge is 0.443 e. The summed E-state index contributed by atoms with van der Waals surface area (Å²) in [7, 11) is -2.23. The molecule has 1 aliphatic heterocycles. The fourth-order valence-corrected chi connectivity index (χ4v) is 5.29. The average molecular weight is 563 g/mol. The molecule has 40 heavy (non-hydrogen) atoms. The Labute approximate surface area is 232 Å². The summed E-state index contributed by atoms with van der Waals surface area (Å²) < 4.78 is 60.7. The molecule has 1 unspecified atom stereocenters. The van der Waals surface area contributed by atoms with Gasteiger partial charge in [0.2, 0.25) is 10.0 Å². The molecule has 0 radical (unpaired) electrons. The van der Waals surface area contributed by atoms with Gasteiger partial charge in [0.25, 0.3) is 0 Å². The number of nitrogens with two attached hydrogens (primary N) is 1. The van der Waals surface area contributed by atoms with E-state index in [1.54, 1.807) is 25.3 Å². The van der Waals surface area contributed by atoms with Gasteiger partial charge < -0.3 is 18.6 Å². The lowest BCUT2D eigenvalue weighted by atomic mass is 9.86. The molecule has 206 valence electrons. The normalized spacial score (nSPS) is 15.6. The molecule has 4 aromatic rings. The molecule has 0 saturated carbocycles. The van der Waals surface area contributed by atoms with Crippen LogP contribution in [0.15, 0.2) is 88.5 Å². The van der Waals surface area contributed by atoms with Crippen LogP contribution in [0, 0.1) is 17.8 Å². The van der Waals surface area contributed by atoms with E-state index in [9.17, 15) is 12.8 Å². The quantitative estimate of drug-likeness (QED) is 0.317. The number of methoxy groups -OCH3 is 1. The number of hydrogen-bond acceptors (Lipinski definition) is 7. The number of halogens is 1. The van der Waals surface area contributed by atoms with E-state index in [-0.39, 0.29) is 10.6 Å². The van der Waals surface area contributed by atoms with Crippen molar-refractivity contribution in [2.45, 2.75) is 29.3 Å². The fraction of sp³-hybridized carbons (Fsp3) is 0.233. The summed E-state index contributed by atoms with van der Waals surface area (Å²) in [6.07, 6.45) is 5.22. The van der Waals surface area contributed by atoms with Gasteiger partial charge in [-0.1, -0.05) is 30.3 Å². The second-order valence-electron chi connectivity index (χ2n) is 9.31. The van der Waals surface area contributed by atoms with Gasteiger partial charge in [0, 0.05) is 44.8 Å². The number of benzene rings is 3. The van der Waals surface area contributed by atoms with Crippen molar-refractivity contribution in [3.63, 3.8) is 0 Å². The summed E-state index contributed by atoms with van der Waals surface area (Å²) >= 11 is 0. The molecule has 2 heterocycles. The minimum atomic E-state index is -3.84. The SMILES string of the molecule is COC1(c2cc(F)cc(OC#CC(c3ccccc3)c3ncoc3-c3ccc(S(N)(=O)=O)cc3)c2)CCOCC1. The highest BCUT2D eigenvalue weighted by molar-refractivity contribution is 7.89. The van der Waals surface area contributed by atoms with Crippen LogP contribution < -0.4 is 9.88 Å². The number of primary sulfonamides is 1. The first-order valence-electron chi connectivity index (χ1n) is 12.5. The van der Waals surface area contributed by atoms with Crippen LogP contribution in [0.1, 0.15) is 35.6 Å². The second kappa shape index (κ2) is 11.6. The first-order chi connectivity index (χ1) is 19.3. The van der Waals surface area contributed by atoms with Gasteiger partial charge >= 0.3 is 0 Å². The molecule has 1 aliphatic rings. The van der Waals surface area contributed by atoms with Crippen molar-refractivity contribution in [1.29, 1.82) is 0 Å². The van der Waals surface area contributed by atoms with Crippen molar-refractivity contribution in [2.24, 2.45) is 5.14 Å². The van der Waals surface area contributed by atoms with Crippen LogP contribution in [0.4, 0.5) is 4.39 Å². The zero-order valence-corrected chi connectivity index (χ0v) is 22.5. The maximum Gasteiger partial charge on any atom is 0.238 e. The maximum absolute atomic E-state index is 14.6. The molecule has 0 aliphatic carbocycles. The zero-order valence-electron chi connectivity index (χ0n) is 21.7. The molecule has 8 nitrogen and oxygen atoms in total. The van der Waals surface area contributed by atoms with Crippen LogP contribution in [-0.4, -0.2) is 33.7 Å². The molecule has 1 fully saturated rings. The van der Waals surface area contributed by atoms with Crippen LogP contribution in [0.3, 0.4) is 0 Å². The molecule has 0 amide bonds. The van der Waals surface area contributed by atoms with Crippen molar-refractivity contribution in [1.82, 2.24) is 4.98 Å². The third kappa shape index (κ3) is 5.93. The summed E-state index contributed by atoms with van der Waals surface area (Å²) in [5.41, 5.74) is 1.94. The van der Waals surface area contributed by atoms with Gasteiger partial charge in [-0.2, -0.15) is 0 Å². The Morgan fingerprint density at radius 1 is 1.05 bits per heavy atom. The smallest absolute Gasteiger partial charge is 0.238 e. The summed E-state index contributed by atoms with van der Waals surface area (Å²) in [4.78, 5) is 4.40. The Balaban J connectivity index is 1.47. The van der Waals surface area contributed by atoms with Crippen molar-refractivity contribution in [2.75, 3.05) is 20.3 Å². The number of rotatable bonds is 7. The first kappa shape index (κ1) is 27.6. The number of nitrogens with zero attached hydrogens (tertiary/aromatic N) is 1. The van der Waals surface area contributed by atoms with Crippen molar-refractivity contribution in [3.8, 4) is 29.1 Å². The maximum atomic E-state index is 14.6. The summed E-state index contributed by atoms with van der Waals surface area (Å²) in [5, 5.41) is 5.23. The molecule has 1 atom stereocenters. The van der Waals surface area contributed by atoms with Crippen LogP contribution in [0.2, 0.25) is 0 Å². The average Bonchev–Trinajstić information content (AvgIpc) is 3.45. The van der Waals surface area contributed by atoms with Gasteiger partial charge in [-0.3, -0.25) is 0 Å². The monoisotopic (exact) mass is 562 g/mol. The third-order valence-electron chi connectivity index (χ3n) is 6.91. The summed E-state index contributed by atoms with van der Waals surface area (Å²) in [6, 6.07) is 19.9. The summed E-state index contributed by atoms with van der Waals surface area (Å²) in [6.45, 7) is 1.04. The second-order valence-corrected chi connectivity index (χ2v) is 10.9. The molecule has 0 spiro atoms. The Morgan fingerprint density at radius 2 is 1.77 bits per heavy atom. The highest BCUT2D eigenvalue weighted by Gasteiger charge is 2.35. The fourth-order valence-electron chi connectivity index (χ4n) is 4.77. The standard InChI is InChI=1S/C30H27FN2O6S/c1-36-30(12-15-37-16-13-30)23-17-24(31)19-25(18-23)38-14-11-27(21-5-3-2-4-6-21)28-29(39-20-33-28)22-7-9-26(10-8-22)40(32,34)35/h2-10,17-20,27H,12-13,15-16H2,1H3,(H2,32,34,35). The van der Waals surface area contributed by atoms with Gasteiger partial charge in [-0.25, -0.2) is 22.9 Å². The van der Waals surface area contributed by atoms with Gasteiger partial charge in [0.05, 0.1) is 16.4 Å². The van der Waals surface area contributed by atoms with Crippen LogP contribution >= 0.6 is 0 Å². The number of sulfonamides is 1. The molecule has 5 rings (SSSR count). The highest BCUT2D eigenvalue weighted by atomic mass is 32.2. The van der Waals surface area contributed by atoms with Crippen LogP contribution in [0.5, 0.6) is 5.75 Å². The lowest BCUT2D eigenvalue weighted by Gasteiger charge is -2.36. The van der Waals surface area contributed by atoms with Gasteiger partial charge in [-0.05, 0) is 53.4 Å². The lowest BCUT2D eigenvalue weighted by molar-refractivity contribution is -0.0949. The Bertz CT molecular complexity index is 1640. The number of oxazole rings is 1. The molecule has 3 aromatic carbocycles. The van der Waals surface area contributed by atoms with E-state index in [1.165, 1.54) is 30.7 Å². The van der Waals surface area contributed by atoms with E-state index in [1.807, 2.05) is 30.3 Å². The third-order valence-corrected chi connectivity index (χ3v) is 7.84. The number of ether oxygens (including phenoxy) is 3. The highest BCUT2D eigenvalue weighted by Crippen LogP contribution is 2.38. The van der Waals surface area contributed by atoms with Crippen molar-refractivity contribution < 1.29 is 31.4 Å². The minimum absolute atomic E-state index is 0.0180. The van der Waals surface area contributed by atoms with Gasteiger partial charge in [0.15, 0.2) is 12.2 Å². The minimum Gasteiger partial charge on any atom is -0.443 e. The zero-order chi connectivity index (χ0) is 28.2. The molecular weight excluding hydrogens is 535 g/mol. The predicted molar refractivity (Wildman–Crippen MR) is 145 cm³/mol. The van der Waals surface area contributed by atoms with Gasteiger partial charge in [0.1, 0.15) is 23.4 Å². The molecular formula is C30H27FN2O6S. The van der Waals surface area contributed by atoms with E-state index < -0.39 is 27.4 Å². The van der Waals surface area contributed by atoms with E-state index in [0.29, 0.717) is 48.6 Å². The van der Waals surface area contributed by atoms with E-state index in [4.69, 9.17) is 23.8 Å². The first-order valence-corrected chi connectivity index (χ1v) is 14.1. The molecule has 10 heteroatoms. The Hall–Kier alpha value is -4.01. The van der Waals surface area contributed by atoms with Crippen molar-refractivity contribution in [3.05, 3.63) is 102 Å². The number of aromatic nitrogens is 1. The van der Waals surface area contributed by atoms with E-state index in [0.717, 1.165) is 5.56 Å². The molecule has 1 aromatic heterocycles. The topological polar surface area (TPSA) is 114 Å². The molecule has 1 saturated heterocycles. The van der Waals surface area contributed by atoms with Gasteiger partial charge in [-0.15, -0.1) is 0 Å². The lowest BCUT2D eigenvalue weighted by Crippen LogP contribution is -2.35. The molecule has 0 bridgehead atoms. The van der Waals surface area contributed by atoms with E-state index in [2.05, 4.69) is 17.0 Å². The number of hydrogen-bond donors (Lipinski definition) is 1. The Kier molecular flexibility index (Phi) is 8.00. The van der Waals surface area contributed by atoms with E-state index >= 15 is 0 Å². The van der Waals surface area contributed by atoms with Crippen LogP contribution in [-0.2, 0) is 25.1 Å². The Morgan fingerprint density at radius 3 is 2.45 bits per heavy atom.